The van der Waals surface area contributed by atoms with E-state index in [1.165, 1.54) is 6.07 Å². The Morgan fingerprint density at radius 1 is 1.42 bits per heavy atom. The molecule has 0 aromatic heterocycles. The molecule has 6 heteroatoms. The Balaban J connectivity index is 1.93. The highest BCUT2D eigenvalue weighted by Gasteiger charge is 2.15. The van der Waals surface area contributed by atoms with E-state index in [1.807, 2.05) is 13.0 Å². The summed E-state index contributed by atoms with van der Waals surface area (Å²) in [5.41, 5.74) is 1.67. The van der Waals surface area contributed by atoms with Crippen LogP contribution in [0.1, 0.15) is 5.56 Å². The van der Waals surface area contributed by atoms with Crippen molar-refractivity contribution < 1.29 is 9.66 Å². The summed E-state index contributed by atoms with van der Waals surface area (Å²) in [7, 11) is 0. The quantitative estimate of drug-likeness (QED) is 0.647. The van der Waals surface area contributed by atoms with Crippen LogP contribution in [-0.4, -0.2) is 49.2 Å². The molecule has 2 rings (SSSR count). The van der Waals surface area contributed by atoms with Crippen molar-refractivity contribution in [3.05, 3.63) is 33.9 Å². The van der Waals surface area contributed by atoms with Crippen LogP contribution in [0, 0.1) is 17.0 Å². The standard InChI is InChI=1S/C13H19N3O3/c1-11-3-2-4-12(16(17)18)13(11)14-5-6-15-7-9-19-10-8-15/h2-4,14H,5-10H2,1H3. The van der Waals surface area contributed by atoms with Crippen LogP contribution in [0.25, 0.3) is 0 Å². The summed E-state index contributed by atoms with van der Waals surface area (Å²) in [6.45, 7) is 6.84. The molecule has 104 valence electrons. The molecule has 0 amide bonds. The summed E-state index contributed by atoms with van der Waals surface area (Å²) in [6.07, 6.45) is 0. The highest BCUT2D eigenvalue weighted by molar-refractivity contribution is 5.65. The molecule has 1 aromatic rings. The number of morpholine rings is 1. The van der Waals surface area contributed by atoms with Crippen LogP contribution >= 0.6 is 0 Å². The number of para-hydroxylation sites is 1. The van der Waals surface area contributed by atoms with Crippen molar-refractivity contribution in [1.29, 1.82) is 0 Å². The summed E-state index contributed by atoms with van der Waals surface area (Å²) < 4.78 is 5.28. The molecule has 1 aliphatic heterocycles. The third kappa shape index (κ3) is 3.65. The second kappa shape index (κ2) is 6.49. The Labute approximate surface area is 112 Å². The fourth-order valence-corrected chi connectivity index (χ4v) is 2.20. The third-order valence-corrected chi connectivity index (χ3v) is 3.28. The number of rotatable bonds is 5. The van der Waals surface area contributed by atoms with E-state index in [9.17, 15) is 10.1 Å². The van der Waals surface area contributed by atoms with E-state index in [2.05, 4.69) is 10.2 Å². The second-order valence-corrected chi connectivity index (χ2v) is 4.61. The molecule has 1 aliphatic rings. The lowest BCUT2D eigenvalue weighted by Gasteiger charge is -2.26. The summed E-state index contributed by atoms with van der Waals surface area (Å²) >= 11 is 0. The van der Waals surface area contributed by atoms with Gasteiger partial charge in [-0.15, -0.1) is 0 Å². The summed E-state index contributed by atoms with van der Waals surface area (Å²) in [6, 6.07) is 5.12. The van der Waals surface area contributed by atoms with Crippen molar-refractivity contribution in [3.63, 3.8) is 0 Å². The molecule has 0 atom stereocenters. The van der Waals surface area contributed by atoms with Gasteiger partial charge in [0.05, 0.1) is 18.1 Å². The first-order valence-corrected chi connectivity index (χ1v) is 6.46. The van der Waals surface area contributed by atoms with E-state index < -0.39 is 0 Å². The Morgan fingerprint density at radius 2 is 2.16 bits per heavy atom. The molecule has 6 nitrogen and oxygen atoms in total. The predicted molar refractivity (Wildman–Crippen MR) is 73.6 cm³/mol. The van der Waals surface area contributed by atoms with Gasteiger partial charge in [0.25, 0.3) is 5.69 Å². The predicted octanol–water partition coefficient (Wildman–Crippen LogP) is 1.65. The number of nitrogens with zero attached hydrogens (tertiary/aromatic N) is 2. The van der Waals surface area contributed by atoms with Crippen LogP contribution in [0.4, 0.5) is 11.4 Å². The fourth-order valence-electron chi connectivity index (χ4n) is 2.20. The number of nitrogens with one attached hydrogen (secondary N) is 1. The average molecular weight is 265 g/mol. The van der Waals surface area contributed by atoms with E-state index in [0.717, 1.165) is 38.4 Å². The smallest absolute Gasteiger partial charge is 0.292 e. The van der Waals surface area contributed by atoms with Crippen LogP contribution in [0.2, 0.25) is 0 Å². The monoisotopic (exact) mass is 265 g/mol. The van der Waals surface area contributed by atoms with Gasteiger partial charge in [-0.25, -0.2) is 0 Å². The number of nitro groups is 1. The zero-order chi connectivity index (χ0) is 13.7. The Hall–Kier alpha value is -1.66. The largest absolute Gasteiger partial charge is 0.379 e. The lowest BCUT2D eigenvalue weighted by molar-refractivity contribution is -0.384. The summed E-state index contributed by atoms with van der Waals surface area (Å²) in [4.78, 5) is 12.9. The maximum Gasteiger partial charge on any atom is 0.292 e. The minimum absolute atomic E-state index is 0.141. The summed E-state index contributed by atoms with van der Waals surface area (Å²) in [5.74, 6) is 0. The van der Waals surface area contributed by atoms with Gasteiger partial charge in [-0.2, -0.15) is 0 Å². The molecular formula is C13H19N3O3. The van der Waals surface area contributed by atoms with E-state index in [4.69, 9.17) is 4.74 Å². The lowest BCUT2D eigenvalue weighted by Crippen LogP contribution is -2.39. The van der Waals surface area contributed by atoms with E-state index in [1.54, 1.807) is 6.07 Å². The van der Waals surface area contributed by atoms with Crippen LogP contribution in [0.15, 0.2) is 18.2 Å². The van der Waals surface area contributed by atoms with Crippen LogP contribution in [0.5, 0.6) is 0 Å². The van der Waals surface area contributed by atoms with Gasteiger partial charge < -0.3 is 10.1 Å². The molecule has 1 aromatic carbocycles. The molecule has 0 spiro atoms. The topological polar surface area (TPSA) is 67.6 Å². The van der Waals surface area contributed by atoms with E-state index >= 15 is 0 Å². The molecule has 0 bridgehead atoms. The number of anilines is 1. The molecule has 1 heterocycles. The molecule has 1 fully saturated rings. The van der Waals surface area contributed by atoms with Crippen molar-refractivity contribution in [2.45, 2.75) is 6.92 Å². The first kappa shape index (κ1) is 13.8. The number of benzene rings is 1. The minimum atomic E-state index is -0.343. The fraction of sp³-hybridized carbons (Fsp3) is 0.538. The molecule has 0 radical (unpaired) electrons. The number of aryl methyl sites for hydroxylation is 1. The SMILES string of the molecule is Cc1cccc([N+](=O)[O-])c1NCCN1CCOCC1. The van der Waals surface area contributed by atoms with Gasteiger partial charge >= 0.3 is 0 Å². The first-order chi connectivity index (χ1) is 9.18. The zero-order valence-electron chi connectivity index (χ0n) is 11.1. The normalized spacial score (nSPS) is 16.3. The number of ether oxygens (including phenoxy) is 1. The van der Waals surface area contributed by atoms with Crippen molar-refractivity contribution >= 4 is 11.4 Å². The summed E-state index contributed by atoms with van der Waals surface area (Å²) in [5, 5.41) is 14.2. The Kier molecular flexibility index (Phi) is 4.70. The average Bonchev–Trinajstić information content (AvgIpc) is 2.41. The van der Waals surface area contributed by atoms with Gasteiger partial charge in [0.2, 0.25) is 0 Å². The number of nitro benzene ring substituents is 1. The van der Waals surface area contributed by atoms with Crippen molar-refractivity contribution in [1.82, 2.24) is 4.90 Å². The number of hydrogen-bond acceptors (Lipinski definition) is 5. The second-order valence-electron chi connectivity index (χ2n) is 4.61. The van der Waals surface area contributed by atoms with Gasteiger partial charge in [-0.1, -0.05) is 12.1 Å². The lowest BCUT2D eigenvalue weighted by atomic mass is 10.1. The van der Waals surface area contributed by atoms with Crippen molar-refractivity contribution in [2.75, 3.05) is 44.7 Å². The molecule has 0 unspecified atom stereocenters. The van der Waals surface area contributed by atoms with E-state index in [-0.39, 0.29) is 10.6 Å². The third-order valence-electron chi connectivity index (χ3n) is 3.28. The highest BCUT2D eigenvalue weighted by Crippen LogP contribution is 2.27. The first-order valence-electron chi connectivity index (χ1n) is 6.46. The Morgan fingerprint density at radius 3 is 2.84 bits per heavy atom. The zero-order valence-corrected chi connectivity index (χ0v) is 11.1. The molecule has 1 saturated heterocycles. The van der Waals surface area contributed by atoms with Crippen LogP contribution in [0.3, 0.4) is 0 Å². The van der Waals surface area contributed by atoms with Crippen molar-refractivity contribution in [2.24, 2.45) is 0 Å². The van der Waals surface area contributed by atoms with Gasteiger partial charge in [0, 0.05) is 32.2 Å². The maximum absolute atomic E-state index is 11.0. The minimum Gasteiger partial charge on any atom is -0.379 e. The van der Waals surface area contributed by atoms with Crippen molar-refractivity contribution in [3.8, 4) is 0 Å². The van der Waals surface area contributed by atoms with E-state index in [0.29, 0.717) is 12.2 Å². The van der Waals surface area contributed by atoms with Gasteiger partial charge in [0.15, 0.2) is 0 Å². The molecule has 19 heavy (non-hydrogen) atoms. The maximum atomic E-state index is 11.0. The molecular weight excluding hydrogens is 246 g/mol. The molecule has 0 saturated carbocycles. The van der Waals surface area contributed by atoms with Gasteiger partial charge in [-0.05, 0) is 12.5 Å². The number of hydrogen-bond donors (Lipinski definition) is 1. The Bertz CT molecular complexity index is 445. The molecule has 0 aliphatic carbocycles. The highest BCUT2D eigenvalue weighted by atomic mass is 16.6. The van der Waals surface area contributed by atoms with Crippen LogP contribution in [-0.2, 0) is 4.74 Å². The van der Waals surface area contributed by atoms with Gasteiger partial charge in [0.1, 0.15) is 5.69 Å². The molecule has 1 N–H and O–H groups in total. The van der Waals surface area contributed by atoms with Crippen LogP contribution < -0.4 is 5.32 Å². The van der Waals surface area contributed by atoms with Gasteiger partial charge in [-0.3, -0.25) is 15.0 Å².